The number of hydrogen-bond acceptors (Lipinski definition) is 2. The number of aryl methyl sites for hydroxylation is 2. The predicted octanol–water partition coefficient (Wildman–Crippen LogP) is 2.30. The Hall–Kier alpha value is -1.07. The van der Waals surface area contributed by atoms with E-state index in [0.29, 0.717) is 11.8 Å². The van der Waals surface area contributed by atoms with Crippen molar-refractivity contribution in [2.45, 2.75) is 19.4 Å². The molecule has 2 N–H and O–H groups in total. The minimum atomic E-state index is -0.00703. The maximum Gasteiger partial charge on any atom is 0.328 e. The van der Waals surface area contributed by atoms with Crippen LogP contribution in [0.3, 0.4) is 0 Å². The number of benzene rings is 1. The van der Waals surface area contributed by atoms with Gasteiger partial charge in [0, 0.05) is 24.6 Å². The van der Waals surface area contributed by atoms with Gasteiger partial charge in [-0.05, 0) is 36.0 Å². The molecule has 1 aromatic carbocycles. The summed E-state index contributed by atoms with van der Waals surface area (Å²) < 4.78 is 4.33. The summed E-state index contributed by atoms with van der Waals surface area (Å²) in [5.41, 5.74) is 9.32. The maximum absolute atomic E-state index is 12.0. The van der Waals surface area contributed by atoms with Gasteiger partial charge in [-0.2, -0.15) is 0 Å². The highest BCUT2D eigenvalue weighted by atomic mass is 79.9. The fraction of sp³-hybridized carbons (Fsp3) is 0.500. The zero-order chi connectivity index (χ0) is 13.9. The van der Waals surface area contributed by atoms with Crippen LogP contribution in [0, 0.1) is 11.8 Å². The minimum Gasteiger partial charge on any atom is -0.324 e. The van der Waals surface area contributed by atoms with Gasteiger partial charge >= 0.3 is 5.69 Å². The van der Waals surface area contributed by atoms with Crippen LogP contribution in [0.4, 0.5) is 0 Å². The number of aromatic nitrogens is 2. The fourth-order valence-electron chi connectivity index (χ4n) is 2.87. The lowest BCUT2D eigenvalue weighted by Gasteiger charge is -2.14. The van der Waals surface area contributed by atoms with E-state index in [0.717, 1.165) is 21.1 Å². The molecule has 0 radical (unpaired) electrons. The van der Waals surface area contributed by atoms with Gasteiger partial charge in [-0.3, -0.25) is 9.13 Å². The normalized spacial score (nSPS) is 23.8. The summed E-state index contributed by atoms with van der Waals surface area (Å²) in [4.78, 5) is 12.0. The standard InChI is InChI=1S/C14H18BrN3O/c1-7-4-8(7)13(16)9-5-11-12(6-10(9)15)18(3)14(19)17(11)2/h5-8,13H,4,16H2,1-3H3. The van der Waals surface area contributed by atoms with E-state index in [4.69, 9.17) is 5.73 Å². The van der Waals surface area contributed by atoms with Gasteiger partial charge in [0.25, 0.3) is 0 Å². The van der Waals surface area contributed by atoms with E-state index in [1.807, 2.05) is 6.07 Å². The second-order valence-corrected chi connectivity index (χ2v) is 6.52. The van der Waals surface area contributed by atoms with Crippen molar-refractivity contribution in [3.63, 3.8) is 0 Å². The van der Waals surface area contributed by atoms with Crippen LogP contribution in [-0.4, -0.2) is 9.13 Å². The van der Waals surface area contributed by atoms with Crippen molar-refractivity contribution in [1.29, 1.82) is 0 Å². The zero-order valence-electron chi connectivity index (χ0n) is 11.4. The Morgan fingerprint density at radius 2 is 1.84 bits per heavy atom. The third kappa shape index (κ3) is 1.87. The molecule has 0 amide bonds. The topological polar surface area (TPSA) is 52.9 Å². The summed E-state index contributed by atoms with van der Waals surface area (Å²) in [6.45, 7) is 2.23. The Balaban J connectivity index is 2.19. The molecule has 1 saturated carbocycles. The van der Waals surface area contributed by atoms with Crippen molar-refractivity contribution in [3.05, 3.63) is 32.7 Å². The van der Waals surface area contributed by atoms with Gasteiger partial charge < -0.3 is 5.73 Å². The molecular formula is C14H18BrN3O. The number of fused-ring (bicyclic) bond motifs is 1. The van der Waals surface area contributed by atoms with E-state index in [1.165, 1.54) is 6.42 Å². The first-order valence-corrected chi connectivity index (χ1v) is 7.31. The molecule has 3 rings (SSSR count). The van der Waals surface area contributed by atoms with Gasteiger partial charge in [-0.15, -0.1) is 0 Å². The van der Waals surface area contributed by atoms with E-state index in [1.54, 1.807) is 23.2 Å². The number of nitrogens with zero attached hydrogens (tertiary/aromatic N) is 2. The van der Waals surface area contributed by atoms with E-state index >= 15 is 0 Å². The molecule has 3 unspecified atom stereocenters. The molecule has 102 valence electrons. The van der Waals surface area contributed by atoms with Crippen LogP contribution < -0.4 is 11.4 Å². The highest BCUT2D eigenvalue weighted by molar-refractivity contribution is 9.10. The molecule has 0 bridgehead atoms. The SMILES string of the molecule is CC1CC1C(N)c1cc2c(cc1Br)n(C)c(=O)n2C. The highest BCUT2D eigenvalue weighted by Gasteiger charge is 2.39. The second kappa shape index (κ2) is 4.21. The van der Waals surface area contributed by atoms with Crippen LogP contribution in [-0.2, 0) is 14.1 Å². The fourth-order valence-corrected chi connectivity index (χ4v) is 3.47. The van der Waals surface area contributed by atoms with E-state index < -0.39 is 0 Å². The number of imidazole rings is 1. The first-order valence-electron chi connectivity index (χ1n) is 6.52. The molecule has 0 spiro atoms. The third-order valence-corrected chi connectivity index (χ3v) is 5.07. The Kier molecular flexibility index (Phi) is 2.87. The van der Waals surface area contributed by atoms with Gasteiger partial charge in [0.2, 0.25) is 0 Å². The zero-order valence-corrected chi connectivity index (χ0v) is 12.9. The molecule has 1 aliphatic carbocycles. The molecule has 0 saturated heterocycles. The van der Waals surface area contributed by atoms with Crippen molar-refractivity contribution >= 4 is 27.0 Å². The quantitative estimate of drug-likeness (QED) is 0.921. The highest BCUT2D eigenvalue weighted by Crippen LogP contribution is 2.47. The molecule has 1 aliphatic rings. The molecule has 1 heterocycles. The third-order valence-electron chi connectivity index (χ3n) is 4.38. The Labute approximate surface area is 120 Å². The van der Waals surface area contributed by atoms with Crippen LogP contribution in [0.2, 0.25) is 0 Å². The average molecular weight is 324 g/mol. The van der Waals surface area contributed by atoms with Crippen molar-refractivity contribution in [2.75, 3.05) is 0 Å². The first kappa shape index (κ1) is 12.9. The lowest BCUT2D eigenvalue weighted by Crippen LogP contribution is -2.19. The van der Waals surface area contributed by atoms with Gasteiger partial charge in [0.15, 0.2) is 0 Å². The molecule has 5 heteroatoms. The summed E-state index contributed by atoms with van der Waals surface area (Å²) in [5.74, 6) is 1.27. The van der Waals surface area contributed by atoms with Crippen LogP contribution in [0.1, 0.15) is 24.9 Å². The summed E-state index contributed by atoms with van der Waals surface area (Å²) >= 11 is 3.60. The van der Waals surface area contributed by atoms with Gasteiger partial charge in [-0.1, -0.05) is 22.9 Å². The lowest BCUT2D eigenvalue weighted by atomic mass is 10.0. The number of halogens is 1. The van der Waals surface area contributed by atoms with E-state index in [2.05, 4.69) is 28.9 Å². The van der Waals surface area contributed by atoms with E-state index in [-0.39, 0.29) is 11.7 Å². The summed E-state index contributed by atoms with van der Waals surface area (Å²) in [5, 5.41) is 0. The smallest absolute Gasteiger partial charge is 0.324 e. The molecule has 4 nitrogen and oxygen atoms in total. The Bertz CT molecular complexity index is 716. The molecule has 1 fully saturated rings. The van der Waals surface area contributed by atoms with Crippen LogP contribution >= 0.6 is 15.9 Å². The van der Waals surface area contributed by atoms with Crippen molar-refractivity contribution in [3.8, 4) is 0 Å². The molecule has 3 atom stereocenters. The minimum absolute atomic E-state index is 0.00703. The van der Waals surface area contributed by atoms with Gasteiger partial charge in [0.1, 0.15) is 0 Å². The molecule has 2 aromatic rings. The summed E-state index contributed by atoms with van der Waals surface area (Å²) in [6.07, 6.45) is 1.19. The monoisotopic (exact) mass is 323 g/mol. The second-order valence-electron chi connectivity index (χ2n) is 5.67. The van der Waals surface area contributed by atoms with Gasteiger partial charge in [0.05, 0.1) is 11.0 Å². The molecular weight excluding hydrogens is 306 g/mol. The lowest BCUT2D eigenvalue weighted by molar-refractivity contribution is 0.592. The van der Waals surface area contributed by atoms with Gasteiger partial charge in [-0.25, -0.2) is 4.79 Å². The largest absolute Gasteiger partial charge is 0.328 e. The first-order chi connectivity index (χ1) is 8.91. The average Bonchev–Trinajstić information content (AvgIpc) is 3.07. The van der Waals surface area contributed by atoms with Crippen molar-refractivity contribution in [2.24, 2.45) is 31.7 Å². The van der Waals surface area contributed by atoms with Crippen LogP contribution in [0.25, 0.3) is 11.0 Å². The number of hydrogen-bond donors (Lipinski definition) is 1. The van der Waals surface area contributed by atoms with Crippen LogP contribution in [0.5, 0.6) is 0 Å². The van der Waals surface area contributed by atoms with E-state index in [9.17, 15) is 4.79 Å². The summed E-state index contributed by atoms with van der Waals surface area (Å²) in [7, 11) is 3.59. The molecule has 19 heavy (non-hydrogen) atoms. The molecule has 1 aromatic heterocycles. The predicted molar refractivity (Wildman–Crippen MR) is 80.1 cm³/mol. The van der Waals surface area contributed by atoms with Crippen molar-refractivity contribution < 1.29 is 0 Å². The number of rotatable bonds is 2. The Morgan fingerprint density at radius 3 is 2.37 bits per heavy atom. The Morgan fingerprint density at radius 1 is 1.32 bits per heavy atom. The van der Waals surface area contributed by atoms with Crippen molar-refractivity contribution in [1.82, 2.24) is 9.13 Å². The molecule has 0 aliphatic heterocycles. The summed E-state index contributed by atoms with van der Waals surface area (Å²) in [6, 6.07) is 4.10. The maximum atomic E-state index is 12.0. The van der Waals surface area contributed by atoms with Crippen LogP contribution in [0.15, 0.2) is 21.4 Å². The number of nitrogens with two attached hydrogens (primary N) is 1.